The van der Waals surface area contributed by atoms with Crippen molar-refractivity contribution in [1.29, 1.82) is 0 Å². The summed E-state index contributed by atoms with van der Waals surface area (Å²) in [6.07, 6.45) is 5.47. The fraction of sp³-hybridized carbons (Fsp3) is 0.154. The molecule has 0 aliphatic rings. The van der Waals surface area contributed by atoms with E-state index in [-0.39, 0.29) is 0 Å². The Kier molecular flexibility index (Phi) is 2.64. The summed E-state index contributed by atoms with van der Waals surface area (Å²) >= 11 is 0. The Bertz CT molecular complexity index is 674. The van der Waals surface area contributed by atoms with Crippen LogP contribution in [0.3, 0.4) is 0 Å². The normalized spacial score (nSPS) is 10.7. The number of nitrogens with zero attached hydrogens (tertiary/aromatic N) is 4. The Balaban J connectivity index is 2.13. The molecule has 0 aliphatic heterocycles. The molecular weight excluding hydrogens is 226 g/mol. The minimum absolute atomic E-state index is 0.645. The molecular formula is C13H13N5. The SMILES string of the molecule is CCNc1nccc(-c2cccc3nccn23)n1. The van der Waals surface area contributed by atoms with E-state index in [2.05, 4.69) is 20.3 Å². The maximum Gasteiger partial charge on any atom is 0.223 e. The molecule has 0 aromatic carbocycles. The van der Waals surface area contributed by atoms with Crippen LogP contribution in [0.25, 0.3) is 17.0 Å². The van der Waals surface area contributed by atoms with E-state index in [1.807, 2.05) is 41.8 Å². The molecule has 5 nitrogen and oxygen atoms in total. The summed E-state index contributed by atoms with van der Waals surface area (Å²) in [5.74, 6) is 0.645. The lowest BCUT2D eigenvalue weighted by Gasteiger charge is -2.06. The van der Waals surface area contributed by atoms with Crippen LogP contribution < -0.4 is 5.32 Å². The zero-order valence-electron chi connectivity index (χ0n) is 10.0. The largest absolute Gasteiger partial charge is 0.354 e. The molecule has 0 radical (unpaired) electrons. The molecule has 0 bridgehead atoms. The highest BCUT2D eigenvalue weighted by Gasteiger charge is 2.05. The summed E-state index contributed by atoms with van der Waals surface area (Å²) in [4.78, 5) is 12.9. The maximum atomic E-state index is 4.49. The zero-order valence-corrected chi connectivity index (χ0v) is 10.0. The average Bonchev–Trinajstić information content (AvgIpc) is 2.87. The van der Waals surface area contributed by atoms with Crippen LogP contribution in [-0.2, 0) is 0 Å². The van der Waals surface area contributed by atoms with E-state index < -0.39 is 0 Å². The molecule has 0 aliphatic carbocycles. The number of pyridine rings is 1. The Hall–Kier alpha value is -2.43. The number of anilines is 1. The Morgan fingerprint density at radius 2 is 2.11 bits per heavy atom. The van der Waals surface area contributed by atoms with E-state index >= 15 is 0 Å². The third-order valence-electron chi connectivity index (χ3n) is 2.68. The summed E-state index contributed by atoms with van der Waals surface area (Å²) < 4.78 is 2.01. The Morgan fingerprint density at radius 1 is 1.17 bits per heavy atom. The molecule has 5 heteroatoms. The van der Waals surface area contributed by atoms with Crippen LogP contribution in [-0.4, -0.2) is 25.9 Å². The van der Waals surface area contributed by atoms with Crippen molar-refractivity contribution in [2.75, 3.05) is 11.9 Å². The van der Waals surface area contributed by atoms with Crippen LogP contribution in [0.1, 0.15) is 6.92 Å². The zero-order chi connectivity index (χ0) is 12.4. The summed E-state index contributed by atoms with van der Waals surface area (Å²) in [6.45, 7) is 2.82. The van der Waals surface area contributed by atoms with Gasteiger partial charge in [-0.15, -0.1) is 0 Å². The predicted octanol–water partition coefficient (Wildman–Crippen LogP) is 2.22. The van der Waals surface area contributed by atoms with Crippen molar-refractivity contribution in [2.24, 2.45) is 0 Å². The van der Waals surface area contributed by atoms with E-state index in [0.717, 1.165) is 23.6 Å². The summed E-state index contributed by atoms with van der Waals surface area (Å²) in [6, 6.07) is 7.87. The second-order valence-electron chi connectivity index (χ2n) is 3.86. The second kappa shape index (κ2) is 4.44. The first kappa shape index (κ1) is 10.7. The molecule has 3 heterocycles. The first-order valence-corrected chi connectivity index (χ1v) is 5.88. The van der Waals surface area contributed by atoms with Crippen molar-refractivity contribution in [3.8, 4) is 11.4 Å². The molecule has 0 atom stereocenters. The van der Waals surface area contributed by atoms with Crippen molar-refractivity contribution in [2.45, 2.75) is 6.92 Å². The first-order valence-electron chi connectivity index (χ1n) is 5.88. The van der Waals surface area contributed by atoms with E-state index in [0.29, 0.717) is 5.95 Å². The number of nitrogens with one attached hydrogen (secondary N) is 1. The monoisotopic (exact) mass is 239 g/mol. The summed E-state index contributed by atoms with van der Waals surface area (Å²) in [7, 11) is 0. The van der Waals surface area contributed by atoms with Gasteiger partial charge in [-0.3, -0.25) is 4.40 Å². The van der Waals surface area contributed by atoms with Crippen LogP contribution in [0.15, 0.2) is 42.9 Å². The summed E-state index contributed by atoms with van der Waals surface area (Å²) in [5, 5.41) is 3.11. The highest BCUT2D eigenvalue weighted by atomic mass is 15.1. The lowest BCUT2D eigenvalue weighted by molar-refractivity contribution is 1.07. The first-order chi connectivity index (χ1) is 8.88. The van der Waals surface area contributed by atoms with Crippen LogP contribution in [0, 0.1) is 0 Å². The highest BCUT2D eigenvalue weighted by Crippen LogP contribution is 2.18. The predicted molar refractivity (Wildman–Crippen MR) is 70.4 cm³/mol. The number of fused-ring (bicyclic) bond motifs is 1. The average molecular weight is 239 g/mol. The lowest BCUT2D eigenvalue weighted by atomic mass is 10.2. The molecule has 3 aromatic rings. The van der Waals surface area contributed by atoms with Gasteiger partial charge >= 0.3 is 0 Å². The van der Waals surface area contributed by atoms with Gasteiger partial charge in [-0.2, -0.15) is 0 Å². The lowest BCUT2D eigenvalue weighted by Crippen LogP contribution is -2.03. The Morgan fingerprint density at radius 3 is 3.00 bits per heavy atom. The van der Waals surface area contributed by atoms with Crippen molar-refractivity contribution in [3.63, 3.8) is 0 Å². The molecule has 0 saturated heterocycles. The molecule has 3 rings (SSSR count). The number of rotatable bonds is 3. The highest BCUT2D eigenvalue weighted by molar-refractivity contribution is 5.60. The quantitative estimate of drug-likeness (QED) is 0.761. The molecule has 0 spiro atoms. The van der Waals surface area contributed by atoms with Gasteiger partial charge in [0, 0.05) is 25.1 Å². The molecule has 90 valence electrons. The van der Waals surface area contributed by atoms with Crippen molar-refractivity contribution < 1.29 is 0 Å². The van der Waals surface area contributed by atoms with Gasteiger partial charge in [0.2, 0.25) is 5.95 Å². The number of imidazole rings is 1. The third kappa shape index (κ3) is 1.79. The van der Waals surface area contributed by atoms with Gasteiger partial charge in [-0.1, -0.05) is 6.07 Å². The van der Waals surface area contributed by atoms with Crippen LogP contribution >= 0.6 is 0 Å². The van der Waals surface area contributed by atoms with E-state index in [4.69, 9.17) is 0 Å². The van der Waals surface area contributed by atoms with Gasteiger partial charge in [0.25, 0.3) is 0 Å². The minimum Gasteiger partial charge on any atom is -0.354 e. The topological polar surface area (TPSA) is 55.1 Å². The van der Waals surface area contributed by atoms with Crippen molar-refractivity contribution in [3.05, 3.63) is 42.9 Å². The maximum absolute atomic E-state index is 4.49. The van der Waals surface area contributed by atoms with E-state index in [9.17, 15) is 0 Å². The second-order valence-corrected chi connectivity index (χ2v) is 3.86. The molecule has 0 fully saturated rings. The van der Waals surface area contributed by atoms with Gasteiger partial charge < -0.3 is 5.32 Å². The van der Waals surface area contributed by atoms with Crippen LogP contribution in [0.4, 0.5) is 5.95 Å². The molecule has 0 unspecified atom stereocenters. The summed E-state index contributed by atoms with van der Waals surface area (Å²) in [5.41, 5.74) is 2.80. The fourth-order valence-electron chi connectivity index (χ4n) is 1.90. The molecule has 3 aromatic heterocycles. The number of aromatic nitrogens is 4. The number of hydrogen-bond donors (Lipinski definition) is 1. The third-order valence-corrected chi connectivity index (χ3v) is 2.68. The fourth-order valence-corrected chi connectivity index (χ4v) is 1.90. The number of hydrogen-bond acceptors (Lipinski definition) is 4. The smallest absolute Gasteiger partial charge is 0.223 e. The van der Waals surface area contributed by atoms with Gasteiger partial charge in [0.05, 0.1) is 11.4 Å². The molecule has 18 heavy (non-hydrogen) atoms. The van der Waals surface area contributed by atoms with Gasteiger partial charge in [-0.05, 0) is 25.1 Å². The molecule has 0 amide bonds. The molecule has 1 N–H and O–H groups in total. The van der Waals surface area contributed by atoms with Gasteiger partial charge in [-0.25, -0.2) is 15.0 Å². The van der Waals surface area contributed by atoms with Gasteiger partial charge in [0.15, 0.2) is 0 Å². The molecule has 0 saturated carbocycles. The van der Waals surface area contributed by atoms with Gasteiger partial charge in [0.1, 0.15) is 5.65 Å². The van der Waals surface area contributed by atoms with Crippen LogP contribution in [0.2, 0.25) is 0 Å². The Labute approximate surface area is 105 Å². The standard InChI is InChI=1S/C13H13N5/c1-2-14-13-16-7-6-10(17-13)11-4-3-5-12-15-8-9-18(11)12/h3-9H,2H2,1H3,(H,14,16,17). The van der Waals surface area contributed by atoms with Crippen LogP contribution in [0.5, 0.6) is 0 Å². The van der Waals surface area contributed by atoms with Crippen molar-refractivity contribution in [1.82, 2.24) is 19.4 Å². The van der Waals surface area contributed by atoms with E-state index in [1.54, 1.807) is 12.4 Å². The van der Waals surface area contributed by atoms with Crippen molar-refractivity contribution >= 4 is 11.6 Å². The minimum atomic E-state index is 0.645. The van der Waals surface area contributed by atoms with E-state index in [1.165, 1.54) is 0 Å².